The molecule has 0 aliphatic carbocycles. The highest BCUT2D eigenvalue weighted by Gasteiger charge is 2.05. The third kappa shape index (κ3) is 5.73. The Labute approximate surface area is 162 Å². The summed E-state index contributed by atoms with van der Waals surface area (Å²) >= 11 is 0. The molecule has 2 aromatic heterocycles. The van der Waals surface area contributed by atoms with E-state index < -0.39 is 0 Å². The van der Waals surface area contributed by atoms with Gasteiger partial charge in [0.15, 0.2) is 12.4 Å². The molecule has 2 heterocycles. The fraction of sp³-hybridized carbons (Fsp3) is 0.250. The lowest BCUT2D eigenvalue weighted by molar-refractivity contribution is -0.123. The van der Waals surface area contributed by atoms with E-state index in [1.165, 1.54) is 0 Å². The third-order valence-corrected chi connectivity index (χ3v) is 3.59. The van der Waals surface area contributed by atoms with Crippen LogP contribution in [0.5, 0.6) is 17.4 Å². The number of hydrogen-bond acceptors (Lipinski definition) is 7. The van der Waals surface area contributed by atoms with Crippen molar-refractivity contribution >= 4 is 5.91 Å². The summed E-state index contributed by atoms with van der Waals surface area (Å²) in [5.41, 5.74) is 0.622. The van der Waals surface area contributed by atoms with Gasteiger partial charge in [-0.1, -0.05) is 0 Å². The maximum Gasteiger partial charge on any atom is 0.258 e. The van der Waals surface area contributed by atoms with Gasteiger partial charge in [0.2, 0.25) is 5.88 Å². The van der Waals surface area contributed by atoms with Gasteiger partial charge in [-0.15, -0.1) is 10.2 Å². The van der Waals surface area contributed by atoms with Crippen molar-refractivity contribution in [3.05, 3.63) is 54.8 Å². The minimum atomic E-state index is -0.239. The van der Waals surface area contributed by atoms with Gasteiger partial charge in [-0.3, -0.25) is 4.79 Å². The zero-order valence-corrected chi connectivity index (χ0v) is 15.5. The number of aromatic nitrogens is 2. The van der Waals surface area contributed by atoms with Crippen LogP contribution in [0.1, 0.15) is 6.92 Å². The number of hydrogen-bond donors (Lipinski definition) is 1. The van der Waals surface area contributed by atoms with E-state index in [0.29, 0.717) is 36.2 Å². The summed E-state index contributed by atoms with van der Waals surface area (Å²) < 4.78 is 21.5. The molecule has 0 atom stereocenters. The zero-order chi connectivity index (χ0) is 19.6. The second-order valence-electron chi connectivity index (χ2n) is 5.63. The average molecular weight is 383 g/mol. The Kier molecular flexibility index (Phi) is 6.84. The second-order valence-corrected chi connectivity index (χ2v) is 5.63. The van der Waals surface area contributed by atoms with Crippen LogP contribution in [-0.2, 0) is 4.79 Å². The maximum atomic E-state index is 11.8. The van der Waals surface area contributed by atoms with Crippen LogP contribution in [0, 0.1) is 0 Å². The number of nitrogens with one attached hydrogen (secondary N) is 1. The number of carbonyl (C=O) groups is 1. The minimum absolute atomic E-state index is 0.0777. The van der Waals surface area contributed by atoms with E-state index in [-0.39, 0.29) is 19.1 Å². The standard InChI is InChI=1S/C20H21N3O5/c1-2-25-15-5-7-16(8-6-15)28-14-19(24)21-11-13-27-20-10-9-17(22-23-20)18-4-3-12-26-18/h3-10,12H,2,11,13-14H2,1H3,(H,21,24). The summed E-state index contributed by atoms with van der Waals surface area (Å²) in [6, 6.07) is 14.1. The molecule has 1 amide bonds. The number of ether oxygens (including phenoxy) is 3. The number of rotatable bonds is 10. The van der Waals surface area contributed by atoms with Crippen molar-refractivity contribution in [1.82, 2.24) is 15.5 Å². The van der Waals surface area contributed by atoms with Crippen LogP contribution in [0.25, 0.3) is 11.5 Å². The molecule has 0 saturated heterocycles. The Morgan fingerprint density at radius 1 is 1.00 bits per heavy atom. The van der Waals surface area contributed by atoms with Crippen LogP contribution in [0.3, 0.4) is 0 Å². The van der Waals surface area contributed by atoms with E-state index in [4.69, 9.17) is 18.6 Å². The summed E-state index contributed by atoms with van der Waals surface area (Å²) in [4.78, 5) is 11.8. The monoisotopic (exact) mass is 383 g/mol. The molecule has 28 heavy (non-hydrogen) atoms. The van der Waals surface area contributed by atoms with Crippen molar-refractivity contribution < 1.29 is 23.4 Å². The van der Waals surface area contributed by atoms with E-state index >= 15 is 0 Å². The predicted octanol–water partition coefficient (Wildman–Crippen LogP) is 2.71. The number of benzene rings is 1. The lowest BCUT2D eigenvalue weighted by atomic mass is 10.3. The molecule has 0 spiro atoms. The zero-order valence-electron chi connectivity index (χ0n) is 15.5. The Morgan fingerprint density at radius 3 is 2.43 bits per heavy atom. The van der Waals surface area contributed by atoms with Gasteiger partial charge in [-0.25, -0.2) is 0 Å². The SMILES string of the molecule is CCOc1ccc(OCC(=O)NCCOc2ccc(-c3ccco3)nn2)cc1. The highest BCUT2D eigenvalue weighted by molar-refractivity contribution is 5.77. The minimum Gasteiger partial charge on any atom is -0.494 e. The number of amides is 1. The predicted molar refractivity (Wildman–Crippen MR) is 101 cm³/mol. The third-order valence-electron chi connectivity index (χ3n) is 3.59. The Hall–Kier alpha value is -3.55. The van der Waals surface area contributed by atoms with E-state index in [1.807, 2.05) is 6.92 Å². The fourth-order valence-corrected chi connectivity index (χ4v) is 2.30. The van der Waals surface area contributed by atoms with Gasteiger partial charge < -0.3 is 23.9 Å². The molecule has 8 heteroatoms. The molecular weight excluding hydrogens is 362 g/mol. The molecule has 0 unspecified atom stereocenters. The molecule has 0 fully saturated rings. The maximum absolute atomic E-state index is 11.8. The molecule has 0 aliphatic heterocycles. The summed E-state index contributed by atoms with van der Waals surface area (Å²) in [5.74, 6) is 2.13. The van der Waals surface area contributed by atoms with Crippen molar-refractivity contribution in [1.29, 1.82) is 0 Å². The van der Waals surface area contributed by atoms with Gasteiger partial charge in [0.1, 0.15) is 23.8 Å². The van der Waals surface area contributed by atoms with Crippen LogP contribution in [-0.4, -0.2) is 42.5 Å². The summed E-state index contributed by atoms with van der Waals surface area (Å²) in [6.45, 7) is 3.04. The number of carbonyl (C=O) groups excluding carboxylic acids is 1. The first-order valence-electron chi connectivity index (χ1n) is 8.87. The van der Waals surface area contributed by atoms with Crippen molar-refractivity contribution in [2.24, 2.45) is 0 Å². The molecule has 0 radical (unpaired) electrons. The van der Waals surface area contributed by atoms with Crippen molar-refractivity contribution in [3.8, 4) is 28.8 Å². The molecule has 8 nitrogen and oxygen atoms in total. The van der Waals surface area contributed by atoms with E-state index in [0.717, 1.165) is 5.75 Å². The van der Waals surface area contributed by atoms with Crippen molar-refractivity contribution in [3.63, 3.8) is 0 Å². The topological polar surface area (TPSA) is 95.7 Å². The van der Waals surface area contributed by atoms with Crippen LogP contribution < -0.4 is 19.5 Å². The van der Waals surface area contributed by atoms with Crippen LogP contribution in [0.2, 0.25) is 0 Å². The Balaban J connectivity index is 1.33. The van der Waals surface area contributed by atoms with Gasteiger partial charge in [-0.2, -0.15) is 0 Å². The lowest BCUT2D eigenvalue weighted by Crippen LogP contribution is -2.32. The summed E-state index contributed by atoms with van der Waals surface area (Å²) in [7, 11) is 0. The summed E-state index contributed by atoms with van der Waals surface area (Å²) in [5, 5.41) is 10.7. The highest BCUT2D eigenvalue weighted by Crippen LogP contribution is 2.18. The van der Waals surface area contributed by atoms with Gasteiger partial charge in [0.25, 0.3) is 5.91 Å². The molecular formula is C20H21N3O5. The van der Waals surface area contributed by atoms with Crippen LogP contribution in [0.15, 0.2) is 59.2 Å². The normalized spacial score (nSPS) is 10.3. The second kappa shape index (κ2) is 9.96. The largest absolute Gasteiger partial charge is 0.494 e. The molecule has 3 rings (SSSR count). The fourth-order valence-electron chi connectivity index (χ4n) is 2.30. The molecule has 1 N–H and O–H groups in total. The molecule has 146 valence electrons. The van der Waals surface area contributed by atoms with Gasteiger partial charge in [0.05, 0.1) is 19.4 Å². The lowest BCUT2D eigenvalue weighted by Gasteiger charge is -2.09. The smallest absolute Gasteiger partial charge is 0.258 e. The van der Waals surface area contributed by atoms with Crippen molar-refractivity contribution in [2.45, 2.75) is 6.92 Å². The molecule has 0 saturated carbocycles. The van der Waals surface area contributed by atoms with E-state index in [2.05, 4.69) is 15.5 Å². The first kappa shape index (κ1) is 19.2. The molecule has 3 aromatic rings. The first-order chi connectivity index (χ1) is 13.7. The average Bonchev–Trinajstić information content (AvgIpc) is 3.26. The van der Waals surface area contributed by atoms with E-state index in [1.54, 1.807) is 54.8 Å². The molecule has 0 aliphatic rings. The number of furan rings is 1. The first-order valence-corrected chi connectivity index (χ1v) is 8.87. The molecule has 0 bridgehead atoms. The summed E-state index contributed by atoms with van der Waals surface area (Å²) in [6.07, 6.45) is 1.57. The number of nitrogens with zero attached hydrogens (tertiary/aromatic N) is 2. The van der Waals surface area contributed by atoms with Gasteiger partial charge in [-0.05, 0) is 49.4 Å². The Morgan fingerprint density at radius 2 is 1.79 bits per heavy atom. The van der Waals surface area contributed by atoms with Crippen molar-refractivity contribution in [2.75, 3.05) is 26.4 Å². The quantitative estimate of drug-likeness (QED) is 0.538. The molecule has 1 aromatic carbocycles. The highest BCUT2D eigenvalue weighted by atomic mass is 16.5. The van der Waals surface area contributed by atoms with Crippen LogP contribution >= 0.6 is 0 Å². The Bertz CT molecular complexity index is 849. The van der Waals surface area contributed by atoms with Gasteiger partial charge in [0, 0.05) is 6.07 Å². The van der Waals surface area contributed by atoms with Gasteiger partial charge >= 0.3 is 0 Å². The van der Waals surface area contributed by atoms with Crippen LogP contribution in [0.4, 0.5) is 0 Å². The van der Waals surface area contributed by atoms with E-state index in [9.17, 15) is 4.79 Å².